The molecule has 1 rings (SSSR count). The van der Waals surface area contributed by atoms with Crippen molar-refractivity contribution < 1.29 is 19.5 Å². The topological polar surface area (TPSA) is 133 Å². The zero-order valence-electron chi connectivity index (χ0n) is 10.5. The van der Waals surface area contributed by atoms with E-state index in [1.807, 2.05) is 6.07 Å². The van der Waals surface area contributed by atoms with E-state index in [-0.39, 0.29) is 18.4 Å². The number of carbonyl (C=O) groups is 3. The quantitative estimate of drug-likeness (QED) is 0.672. The lowest BCUT2D eigenvalue weighted by Gasteiger charge is -2.13. The first kappa shape index (κ1) is 15.2. The largest absolute Gasteiger partial charge is 0.480 e. The molecule has 0 aliphatic heterocycles. The van der Waals surface area contributed by atoms with Gasteiger partial charge in [-0.05, 0) is 24.6 Å². The van der Waals surface area contributed by atoms with E-state index in [0.29, 0.717) is 5.56 Å². The molecule has 0 aromatic heterocycles. The maximum absolute atomic E-state index is 11.9. The second-order valence-electron chi connectivity index (χ2n) is 4.06. The van der Waals surface area contributed by atoms with Gasteiger partial charge < -0.3 is 16.2 Å². The number of aliphatic carboxylic acids is 1. The standard InChI is InChI=1S/C13H13N3O4/c14-7-8-2-1-3-9(6-8)12(18)16-10(13(19)20)4-5-11(15)17/h1-3,6,10H,4-5H2,(H2,15,17)(H,16,18)(H,19,20). The molecular weight excluding hydrogens is 262 g/mol. The summed E-state index contributed by atoms with van der Waals surface area (Å²) in [7, 11) is 0. The number of benzene rings is 1. The molecule has 0 fully saturated rings. The van der Waals surface area contributed by atoms with Gasteiger partial charge in [-0.15, -0.1) is 0 Å². The monoisotopic (exact) mass is 275 g/mol. The maximum atomic E-state index is 11.9. The zero-order chi connectivity index (χ0) is 15.1. The Labute approximate surface area is 115 Å². The van der Waals surface area contributed by atoms with E-state index in [1.165, 1.54) is 24.3 Å². The highest BCUT2D eigenvalue weighted by molar-refractivity contribution is 5.96. The van der Waals surface area contributed by atoms with Crippen molar-refractivity contribution in [3.63, 3.8) is 0 Å². The minimum Gasteiger partial charge on any atom is -0.480 e. The predicted molar refractivity (Wildman–Crippen MR) is 68.5 cm³/mol. The number of hydrogen-bond acceptors (Lipinski definition) is 4. The number of amides is 2. The first-order chi connectivity index (χ1) is 9.43. The number of nitrogens with zero attached hydrogens (tertiary/aromatic N) is 1. The fraction of sp³-hybridized carbons (Fsp3) is 0.231. The van der Waals surface area contributed by atoms with Crippen molar-refractivity contribution in [2.75, 3.05) is 0 Å². The van der Waals surface area contributed by atoms with Gasteiger partial charge in [-0.3, -0.25) is 9.59 Å². The summed E-state index contributed by atoms with van der Waals surface area (Å²) in [6, 6.07) is 6.53. The number of carbonyl (C=O) groups excluding carboxylic acids is 2. The van der Waals surface area contributed by atoms with Gasteiger partial charge in [-0.25, -0.2) is 4.79 Å². The van der Waals surface area contributed by atoms with Crippen molar-refractivity contribution in [2.24, 2.45) is 5.73 Å². The molecule has 7 heteroatoms. The molecule has 0 heterocycles. The Morgan fingerprint density at radius 2 is 2.10 bits per heavy atom. The molecule has 0 spiro atoms. The van der Waals surface area contributed by atoms with Crippen LogP contribution in [-0.2, 0) is 9.59 Å². The molecule has 4 N–H and O–H groups in total. The average molecular weight is 275 g/mol. The van der Waals surface area contributed by atoms with Crippen LogP contribution in [0.25, 0.3) is 0 Å². The van der Waals surface area contributed by atoms with E-state index in [4.69, 9.17) is 16.1 Å². The number of nitrogens with two attached hydrogens (primary N) is 1. The van der Waals surface area contributed by atoms with Gasteiger partial charge in [0, 0.05) is 12.0 Å². The fourth-order valence-electron chi connectivity index (χ4n) is 1.52. The average Bonchev–Trinajstić information content (AvgIpc) is 2.42. The van der Waals surface area contributed by atoms with Crippen LogP contribution in [0.4, 0.5) is 0 Å². The van der Waals surface area contributed by atoms with Crippen molar-refractivity contribution >= 4 is 17.8 Å². The van der Waals surface area contributed by atoms with Crippen molar-refractivity contribution in [1.82, 2.24) is 5.32 Å². The molecule has 20 heavy (non-hydrogen) atoms. The molecule has 1 aromatic carbocycles. The molecule has 0 saturated heterocycles. The smallest absolute Gasteiger partial charge is 0.326 e. The van der Waals surface area contributed by atoms with Crippen LogP contribution in [0.5, 0.6) is 0 Å². The van der Waals surface area contributed by atoms with Gasteiger partial charge in [0.05, 0.1) is 11.6 Å². The second-order valence-corrected chi connectivity index (χ2v) is 4.06. The lowest BCUT2D eigenvalue weighted by Crippen LogP contribution is -2.41. The van der Waals surface area contributed by atoms with Crippen LogP contribution in [0.2, 0.25) is 0 Å². The fourth-order valence-corrected chi connectivity index (χ4v) is 1.52. The summed E-state index contributed by atoms with van der Waals surface area (Å²) in [5.41, 5.74) is 5.41. The number of rotatable bonds is 6. The molecule has 7 nitrogen and oxygen atoms in total. The lowest BCUT2D eigenvalue weighted by atomic mass is 10.1. The normalized spacial score (nSPS) is 11.2. The van der Waals surface area contributed by atoms with Crippen molar-refractivity contribution in [3.05, 3.63) is 35.4 Å². The van der Waals surface area contributed by atoms with Crippen LogP contribution in [0.3, 0.4) is 0 Å². The minimum absolute atomic E-state index is 0.0889. The minimum atomic E-state index is -1.25. The first-order valence-electron chi connectivity index (χ1n) is 5.76. The van der Waals surface area contributed by atoms with Crippen LogP contribution in [0, 0.1) is 11.3 Å². The van der Waals surface area contributed by atoms with Gasteiger partial charge in [0.25, 0.3) is 5.91 Å². The predicted octanol–water partition coefficient (Wildman–Crippen LogP) is 0.00678. The van der Waals surface area contributed by atoms with Crippen LogP contribution < -0.4 is 11.1 Å². The van der Waals surface area contributed by atoms with E-state index in [0.717, 1.165) is 0 Å². The third-order valence-corrected chi connectivity index (χ3v) is 2.54. The SMILES string of the molecule is N#Cc1cccc(C(=O)NC(CCC(N)=O)C(=O)O)c1. The van der Waals surface area contributed by atoms with Crippen LogP contribution in [0.15, 0.2) is 24.3 Å². The third kappa shape index (κ3) is 4.42. The highest BCUT2D eigenvalue weighted by Gasteiger charge is 2.21. The van der Waals surface area contributed by atoms with Crippen LogP contribution in [0.1, 0.15) is 28.8 Å². The van der Waals surface area contributed by atoms with Crippen molar-refractivity contribution in [2.45, 2.75) is 18.9 Å². The summed E-state index contributed by atoms with van der Waals surface area (Å²) in [4.78, 5) is 33.5. The Morgan fingerprint density at radius 1 is 1.40 bits per heavy atom. The Hall–Kier alpha value is -2.88. The Morgan fingerprint density at radius 3 is 2.65 bits per heavy atom. The Bertz CT molecular complexity index is 577. The van der Waals surface area contributed by atoms with E-state index in [2.05, 4.69) is 5.32 Å². The summed E-state index contributed by atoms with van der Waals surface area (Å²) in [6.45, 7) is 0. The number of nitriles is 1. The Balaban J connectivity index is 2.77. The van der Waals surface area contributed by atoms with Gasteiger partial charge in [0.2, 0.25) is 5.91 Å². The molecule has 2 amide bonds. The first-order valence-corrected chi connectivity index (χ1v) is 5.76. The highest BCUT2D eigenvalue weighted by atomic mass is 16.4. The number of primary amides is 1. The van der Waals surface area contributed by atoms with E-state index in [9.17, 15) is 14.4 Å². The summed E-state index contributed by atoms with van der Waals surface area (Å²) < 4.78 is 0. The van der Waals surface area contributed by atoms with E-state index in [1.54, 1.807) is 0 Å². The molecule has 1 unspecified atom stereocenters. The molecule has 0 saturated carbocycles. The second kappa shape index (κ2) is 6.89. The van der Waals surface area contributed by atoms with Gasteiger partial charge in [0.1, 0.15) is 6.04 Å². The molecule has 104 valence electrons. The van der Waals surface area contributed by atoms with Gasteiger partial charge in [0.15, 0.2) is 0 Å². The molecule has 0 aliphatic carbocycles. The summed E-state index contributed by atoms with van der Waals surface area (Å²) in [5, 5.41) is 20.0. The van der Waals surface area contributed by atoms with Crippen LogP contribution in [-0.4, -0.2) is 28.9 Å². The van der Waals surface area contributed by atoms with Crippen molar-refractivity contribution in [3.8, 4) is 6.07 Å². The molecular formula is C13H13N3O4. The molecule has 1 aromatic rings. The molecule has 0 radical (unpaired) electrons. The number of carboxylic acid groups (broad SMARTS) is 1. The van der Waals surface area contributed by atoms with E-state index < -0.39 is 23.8 Å². The van der Waals surface area contributed by atoms with Gasteiger partial charge in [-0.1, -0.05) is 6.07 Å². The molecule has 1 atom stereocenters. The Kier molecular flexibility index (Phi) is 5.23. The third-order valence-electron chi connectivity index (χ3n) is 2.54. The van der Waals surface area contributed by atoms with Crippen LogP contribution >= 0.6 is 0 Å². The summed E-state index contributed by atoms with van der Waals surface area (Å²) >= 11 is 0. The summed E-state index contributed by atoms with van der Waals surface area (Å²) in [6.07, 6.45) is -0.232. The molecule has 0 aliphatic rings. The summed E-state index contributed by atoms with van der Waals surface area (Å²) in [5.74, 6) is -2.52. The highest BCUT2D eigenvalue weighted by Crippen LogP contribution is 2.06. The molecule has 0 bridgehead atoms. The van der Waals surface area contributed by atoms with E-state index >= 15 is 0 Å². The van der Waals surface area contributed by atoms with Gasteiger partial charge in [-0.2, -0.15) is 5.26 Å². The number of carboxylic acids is 1. The zero-order valence-corrected chi connectivity index (χ0v) is 10.5. The van der Waals surface area contributed by atoms with Crippen molar-refractivity contribution in [1.29, 1.82) is 5.26 Å². The van der Waals surface area contributed by atoms with Gasteiger partial charge >= 0.3 is 5.97 Å². The number of nitrogens with one attached hydrogen (secondary N) is 1. The maximum Gasteiger partial charge on any atom is 0.326 e. The number of hydrogen-bond donors (Lipinski definition) is 3. The lowest BCUT2D eigenvalue weighted by molar-refractivity contribution is -0.139.